The Morgan fingerprint density at radius 2 is 1.82 bits per heavy atom. The maximum absolute atomic E-state index is 11.1. The number of pyridine rings is 1. The van der Waals surface area contributed by atoms with Crippen LogP contribution >= 0.6 is 0 Å². The second-order valence-electron chi connectivity index (χ2n) is 7.92. The fourth-order valence-corrected chi connectivity index (χ4v) is 4.55. The number of nitrogens with zero attached hydrogens (tertiary/aromatic N) is 6. The lowest BCUT2D eigenvalue weighted by Crippen LogP contribution is -2.34. The highest BCUT2D eigenvalue weighted by Gasteiger charge is 2.23. The Bertz CT molecular complexity index is 1500. The summed E-state index contributed by atoms with van der Waals surface area (Å²) in [5, 5.41) is 16.5. The van der Waals surface area contributed by atoms with E-state index in [9.17, 15) is 16.8 Å². The molecule has 0 atom stereocenters. The van der Waals surface area contributed by atoms with Crippen LogP contribution < -0.4 is 10.5 Å². The topological polar surface area (TPSA) is 237 Å². The van der Waals surface area contributed by atoms with Gasteiger partial charge in [-0.25, -0.2) is 14.6 Å². The molecule has 5 N–H and O–H groups in total. The van der Waals surface area contributed by atoms with Gasteiger partial charge in [0.05, 0.1) is 24.3 Å². The number of aliphatic hydroxyl groups is 1. The Balaban J connectivity index is 1.84. The Morgan fingerprint density at radius 3 is 2.37 bits per heavy atom. The minimum Gasteiger partial charge on any atom is -0.490 e. The van der Waals surface area contributed by atoms with Crippen LogP contribution in [-0.2, 0) is 26.8 Å². The van der Waals surface area contributed by atoms with Crippen LogP contribution in [0.15, 0.2) is 10.8 Å². The molecule has 3 heterocycles. The molecular formula is C20H27N7O9S2. The van der Waals surface area contributed by atoms with Crippen molar-refractivity contribution < 1.29 is 40.4 Å². The lowest BCUT2D eigenvalue weighted by Gasteiger charge is -2.21. The van der Waals surface area contributed by atoms with Crippen LogP contribution in [0.25, 0.3) is 22.6 Å². The zero-order chi connectivity index (χ0) is 27.9. The molecule has 38 heavy (non-hydrogen) atoms. The molecular weight excluding hydrogens is 546 g/mol. The third-order valence-electron chi connectivity index (χ3n) is 5.27. The van der Waals surface area contributed by atoms with Crippen molar-refractivity contribution in [2.75, 3.05) is 50.1 Å². The van der Waals surface area contributed by atoms with Crippen LogP contribution in [0.1, 0.15) is 19.0 Å². The van der Waals surface area contributed by atoms with Gasteiger partial charge in [-0.3, -0.25) is 9.11 Å². The average Bonchev–Trinajstić information content (AvgIpc) is 3.44. The van der Waals surface area contributed by atoms with Crippen LogP contribution in [0.4, 0.5) is 5.82 Å². The highest BCUT2D eigenvalue weighted by Crippen LogP contribution is 2.33. The number of fused-ring (bicyclic) bond motifs is 1. The Hall–Kier alpha value is -3.34. The molecule has 0 aliphatic heterocycles. The number of ether oxygens (including phenoxy) is 1. The van der Waals surface area contributed by atoms with Gasteiger partial charge in [0.15, 0.2) is 23.1 Å². The van der Waals surface area contributed by atoms with Gasteiger partial charge in [0, 0.05) is 26.2 Å². The summed E-state index contributed by atoms with van der Waals surface area (Å²) < 4.78 is 74.9. The normalized spacial score (nSPS) is 12.1. The van der Waals surface area contributed by atoms with Crippen molar-refractivity contribution in [1.29, 1.82) is 0 Å². The van der Waals surface area contributed by atoms with Crippen LogP contribution in [0.2, 0.25) is 0 Å². The van der Waals surface area contributed by atoms with Crippen molar-refractivity contribution >= 4 is 37.1 Å². The number of anilines is 1. The van der Waals surface area contributed by atoms with Gasteiger partial charge in [-0.05, 0) is 29.6 Å². The Morgan fingerprint density at radius 1 is 1.13 bits per heavy atom. The van der Waals surface area contributed by atoms with Crippen LogP contribution in [0.3, 0.4) is 0 Å². The second kappa shape index (κ2) is 12.5. The minimum atomic E-state index is -4.26. The van der Waals surface area contributed by atoms with Gasteiger partial charge in [-0.2, -0.15) is 16.8 Å². The molecule has 0 bridgehead atoms. The quantitative estimate of drug-likeness (QED) is 0.112. The van der Waals surface area contributed by atoms with Crippen molar-refractivity contribution in [1.82, 2.24) is 29.7 Å². The van der Waals surface area contributed by atoms with E-state index < -0.39 is 31.7 Å². The van der Waals surface area contributed by atoms with Crippen LogP contribution in [0.5, 0.6) is 5.75 Å². The lowest BCUT2D eigenvalue weighted by molar-refractivity contribution is 0.249. The smallest absolute Gasteiger partial charge is 0.266 e. The van der Waals surface area contributed by atoms with Gasteiger partial charge in [0.25, 0.3) is 20.2 Å². The van der Waals surface area contributed by atoms with Crippen LogP contribution in [-0.4, -0.2) is 105 Å². The van der Waals surface area contributed by atoms with Gasteiger partial charge in [-0.1, -0.05) is 5.92 Å². The van der Waals surface area contributed by atoms with Crippen molar-refractivity contribution in [2.45, 2.75) is 19.9 Å². The molecule has 0 unspecified atom stereocenters. The minimum absolute atomic E-state index is 0.0308. The first-order chi connectivity index (χ1) is 17.9. The molecule has 0 saturated heterocycles. The third-order valence-corrected chi connectivity index (χ3v) is 6.67. The molecule has 3 aromatic rings. The first-order valence-corrected chi connectivity index (χ1v) is 14.5. The van der Waals surface area contributed by atoms with E-state index in [0.29, 0.717) is 35.6 Å². The predicted molar refractivity (Wildman–Crippen MR) is 134 cm³/mol. The zero-order valence-electron chi connectivity index (χ0n) is 20.3. The molecule has 0 amide bonds. The summed E-state index contributed by atoms with van der Waals surface area (Å²) in [6.07, 6.45) is 1.78. The highest BCUT2D eigenvalue weighted by atomic mass is 32.2. The van der Waals surface area contributed by atoms with E-state index in [2.05, 4.69) is 32.1 Å². The maximum atomic E-state index is 11.1. The number of imidazole rings is 1. The number of rotatable bonds is 13. The average molecular weight is 574 g/mol. The third kappa shape index (κ3) is 7.83. The summed E-state index contributed by atoms with van der Waals surface area (Å²) in [5.74, 6) is 4.79. The molecule has 0 aliphatic carbocycles. The monoisotopic (exact) mass is 573 g/mol. The van der Waals surface area contributed by atoms with Crippen molar-refractivity contribution in [3.05, 3.63) is 11.9 Å². The maximum Gasteiger partial charge on any atom is 0.266 e. The molecule has 208 valence electrons. The van der Waals surface area contributed by atoms with Crippen molar-refractivity contribution in [3.63, 3.8) is 0 Å². The molecule has 16 nitrogen and oxygen atoms in total. The lowest BCUT2D eigenvalue weighted by atomic mass is 10.2. The van der Waals surface area contributed by atoms with Crippen molar-refractivity contribution in [2.24, 2.45) is 0 Å². The first-order valence-electron chi connectivity index (χ1n) is 11.3. The summed E-state index contributed by atoms with van der Waals surface area (Å²) in [4.78, 5) is 10.3. The number of nitrogens with two attached hydrogens (primary N) is 1. The fourth-order valence-electron chi connectivity index (χ4n) is 3.57. The van der Waals surface area contributed by atoms with E-state index in [1.807, 2.05) is 6.92 Å². The number of aryl methyl sites for hydroxylation is 1. The fraction of sp³-hybridized carbons (Fsp3) is 0.500. The van der Waals surface area contributed by atoms with E-state index in [1.54, 1.807) is 4.57 Å². The summed E-state index contributed by atoms with van der Waals surface area (Å²) in [5.41, 5.74) is 7.25. The molecule has 0 saturated carbocycles. The number of aliphatic hydroxyl groups excluding tert-OH is 1. The van der Waals surface area contributed by atoms with E-state index in [4.69, 9.17) is 29.3 Å². The number of aromatic nitrogens is 5. The molecule has 0 fully saturated rings. The molecule has 0 aliphatic rings. The van der Waals surface area contributed by atoms with Gasteiger partial charge in [-0.15, -0.1) is 0 Å². The number of nitrogen functional groups attached to an aromatic ring is 1. The van der Waals surface area contributed by atoms with E-state index in [1.165, 1.54) is 11.1 Å². The highest BCUT2D eigenvalue weighted by molar-refractivity contribution is 7.86. The predicted octanol–water partition coefficient (Wildman–Crippen LogP) is -0.726. The Labute approximate surface area is 218 Å². The molecule has 0 radical (unpaired) electrons. The first kappa shape index (κ1) is 29.2. The molecule has 0 aromatic carbocycles. The summed E-state index contributed by atoms with van der Waals surface area (Å²) in [6, 6.07) is 0. The second-order valence-corrected chi connectivity index (χ2v) is 11.1. The largest absolute Gasteiger partial charge is 0.490 e. The van der Waals surface area contributed by atoms with Gasteiger partial charge >= 0.3 is 0 Å². The van der Waals surface area contributed by atoms with E-state index >= 15 is 0 Å². The molecule has 0 spiro atoms. The van der Waals surface area contributed by atoms with E-state index in [-0.39, 0.29) is 50.1 Å². The summed E-state index contributed by atoms with van der Waals surface area (Å²) in [7, 11) is -8.53. The number of hydrogen-bond donors (Lipinski definition) is 4. The molecule has 3 rings (SSSR count). The Kier molecular flexibility index (Phi) is 9.59. The van der Waals surface area contributed by atoms with Gasteiger partial charge in [0.2, 0.25) is 0 Å². The summed E-state index contributed by atoms with van der Waals surface area (Å²) >= 11 is 0. The zero-order valence-corrected chi connectivity index (χ0v) is 21.9. The number of hydrogen-bond acceptors (Lipinski definition) is 13. The van der Waals surface area contributed by atoms with Crippen molar-refractivity contribution in [3.8, 4) is 29.1 Å². The summed E-state index contributed by atoms with van der Waals surface area (Å²) in [6.45, 7) is 1.94. The van der Waals surface area contributed by atoms with Crippen LogP contribution in [0, 0.1) is 11.8 Å². The van der Waals surface area contributed by atoms with E-state index in [0.717, 1.165) is 0 Å². The standard InChI is InChI=1S/C20H27N7O9S2/c1-2-27-18-15(35-10-4-6-26(7-11-37(29,30)31)8-12-38(32,33)34)13-22-14(5-3-9-28)16(18)23-20(27)17-19(21)25-36-24-17/h13,28H,2,4,6-12H2,1H3,(H2,21,25)(H,29,30,31)(H,32,33,34). The van der Waals surface area contributed by atoms with Gasteiger partial charge in [0.1, 0.15) is 23.3 Å². The van der Waals surface area contributed by atoms with Gasteiger partial charge < -0.3 is 25.0 Å². The SMILES string of the molecule is CCn1c(-c2nonc2N)nc2c(C#CCO)ncc(OCCCN(CCS(=O)(=O)O)CCS(=O)(=O)O)c21. The molecule has 3 aromatic heterocycles. The molecule has 18 heteroatoms.